The van der Waals surface area contributed by atoms with Gasteiger partial charge in [0.05, 0.1) is 12.6 Å². The van der Waals surface area contributed by atoms with E-state index in [1.165, 1.54) is 27.7 Å². The fraction of sp³-hybridized carbons (Fsp3) is 0.500. The zero-order valence-electron chi connectivity index (χ0n) is 12.4. The third-order valence-corrected chi connectivity index (χ3v) is 4.21. The van der Waals surface area contributed by atoms with Crippen molar-refractivity contribution in [1.82, 2.24) is 9.88 Å². The van der Waals surface area contributed by atoms with Crippen LogP contribution in [0, 0.1) is 6.92 Å². The molecule has 0 amide bonds. The molecule has 0 atom stereocenters. The molecule has 0 radical (unpaired) electrons. The summed E-state index contributed by atoms with van der Waals surface area (Å²) in [5, 5.41) is 4.96. The highest BCUT2D eigenvalue weighted by Crippen LogP contribution is 2.37. The predicted molar refractivity (Wildman–Crippen MR) is 78.8 cm³/mol. The largest absolute Gasteiger partial charge is 0.495 e. The van der Waals surface area contributed by atoms with Gasteiger partial charge in [-0.3, -0.25) is 0 Å². The fourth-order valence-corrected chi connectivity index (χ4v) is 3.22. The third kappa shape index (κ3) is 1.84. The molecule has 3 heteroatoms. The molecule has 0 spiro atoms. The van der Waals surface area contributed by atoms with E-state index in [0.717, 1.165) is 18.7 Å². The van der Waals surface area contributed by atoms with E-state index in [1.807, 2.05) is 0 Å². The number of fused-ring (bicyclic) bond motifs is 3. The Balaban J connectivity index is 2.34. The van der Waals surface area contributed by atoms with Crippen LogP contribution in [-0.4, -0.2) is 17.2 Å². The molecule has 1 aliphatic rings. The van der Waals surface area contributed by atoms with Gasteiger partial charge in [0.1, 0.15) is 5.75 Å². The van der Waals surface area contributed by atoms with E-state index >= 15 is 0 Å². The van der Waals surface area contributed by atoms with Crippen molar-refractivity contribution in [1.29, 1.82) is 0 Å². The van der Waals surface area contributed by atoms with Gasteiger partial charge in [-0.2, -0.15) is 0 Å². The van der Waals surface area contributed by atoms with Crippen LogP contribution < -0.4 is 10.1 Å². The zero-order chi connectivity index (χ0) is 13.8. The van der Waals surface area contributed by atoms with Gasteiger partial charge in [-0.1, -0.05) is 0 Å². The molecule has 102 valence electrons. The number of aryl methyl sites for hydroxylation is 2. The number of nitrogens with one attached hydrogen (secondary N) is 1. The van der Waals surface area contributed by atoms with E-state index in [1.54, 1.807) is 7.11 Å². The van der Waals surface area contributed by atoms with E-state index in [-0.39, 0.29) is 5.54 Å². The van der Waals surface area contributed by atoms with Gasteiger partial charge in [-0.25, -0.2) is 0 Å². The highest BCUT2D eigenvalue weighted by molar-refractivity contribution is 5.91. The van der Waals surface area contributed by atoms with Crippen LogP contribution in [0.4, 0.5) is 0 Å². The van der Waals surface area contributed by atoms with Crippen LogP contribution in [0.2, 0.25) is 0 Å². The van der Waals surface area contributed by atoms with Crippen LogP contribution in [-0.2, 0) is 20.0 Å². The fourth-order valence-electron chi connectivity index (χ4n) is 3.22. The minimum atomic E-state index is 0.165. The zero-order valence-corrected chi connectivity index (χ0v) is 12.4. The van der Waals surface area contributed by atoms with Crippen molar-refractivity contribution in [3.05, 3.63) is 29.0 Å². The lowest BCUT2D eigenvalue weighted by Crippen LogP contribution is -2.44. The molecule has 1 N–H and O–H groups in total. The van der Waals surface area contributed by atoms with Crippen LogP contribution in [0.1, 0.15) is 30.7 Å². The van der Waals surface area contributed by atoms with Crippen LogP contribution in [0.5, 0.6) is 5.75 Å². The summed E-state index contributed by atoms with van der Waals surface area (Å²) in [4.78, 5) is 0. The van der Waals surface area contributed by atoms with Gasteiger partial charge in [-0.05, 0) is 50.5 Å². The van der Waals surface area contributed by atoms with Gasteiger partial charge in [0, 0.05) is 30.2 Å². The highest BCUT2D eigenvalue weighted by atomic mass is 16.5. The molecular weight excluding hydrogens is 236 g/mol. The lowest BCUT2D eigenvalue weighted by molar-refractivity contribution is 0.357. The smallest absolute Gasteiger partial charge is 0.143 e. The maximum atomic E-state index is 5.58. The number of hydrogen-bond acceptors (Lipinski definition) is 2. The molecular formula is C16H22N2O. The van der Waals surface area contributed by atoms with E-state index in [4.69, 9.17) is 4.74 Å². The van der Waals surface area contributed by atoms with E-state index in [9.17, 15) is 0 Å². The summed E-state index contributed by atoms with van der Waals surface area (Å²) < 4.78 is 7.86. The maximum absolute atomic E-state index is 5.58. The molecule has 0 bridgehead atoms. The Morgan fingerprint density at radius 3 is 2.74 bits per heavy atom. The molecule has 0 saturated carbocycles. The number of rotatable bonds is 1. The monoisotopic (exact) mass is 258 g/mol. The lowest BCUT2D eigenvalue weighted by atomic mass is 9.89. The lowest BCUT2D eigenvalue weighted by Gasteiger charge is -2.31. The topological polar surface area (TPSA) is 26.2 Å². The van der Waals surface area contributed by atoms with Gasteiger partial charge in [0.2, 0.25) is 0 Å². The molecule has 2 aromatic rings. The van der Waals surface area contributed by atoms with E-state index in [0.29, 0.717) is 0 Å². The van der Waals surface area contributed by atoms with Crippen molar-refractivity contribution in [2.24, 2.45) is 7.05 Å². The van der Waals surface area contributed by atoms with Crippen molar-refractivity contribution < 1.29 is 4.74 Å². The summed E-state index contributed by atoms with van der Waals surface area (Å²) in [5.74, 6) is 0.977. The summed E-state index contributed by atoms with van der Waals surface area (Å²) in [6.07, 6.45) is 1.06. The molecule has 0 saturated heterocycles. The second-order valence-electron chi connectivity index (χ2n) is 6.26. The summed E-state index contributed by atoms with van der Waals surface area (Å²) in [5.41, 5.74) is 5.51. The van der Waals surface area contributed by atoms with Gasteiger partial charge < -0.3 is 14.6 Å². The molecule has 19 heavy (non-hydrogen) atoms. The van der Waals surface area contributed by atoms with Crippen molar-refractivity contribution in [2.75, 3.05) is 7.11 Å². The Morgan fingerprint density at radius 2 is 2.05 bits per heavy atom. The van der Waals surface area contributed by atoms with Crippen LogP contribution in [0.3, 0.4) is 0 Å². The first-order valence-electron chi connectivity index (χ1n) is 6.83. The Morgan fingerprint density at radius 1 is 1.32 bits per heavy atom. The molecule has 0 fully saturated rings. The number of aromatic nitrogens is 1. The standard InChI is InChI=1S/C16H22N2O/c1-10-6-11-12-8-16(2,3)17-9-13(12)18(4)15(11)14(7-10)19-5/h6-7,17H,8-9H2,1-5H3. The van der Waals surface area contributed by atoms with E-state index in [2.05, 4.69) is 49.8 Å². The van der Waals surface area contributed by atoms with Gasteiger partial charge in [0.25, 0.3) is 0 Å². The molecule has 2 heterocycles. The van der Waals surface area contributed by atoms with Crippen molar-refractivity contribution in [3.8, 4) is 5.75 Å². The average molecular weight is 258 g/mol. The number of methoxy groups -OCH3 is 1. The second-order valence-corrected chi connectivity index (χ2v) is 6.26. The predicted octanol–water partition coefficient (Wildman–Crippen LogP) is 2.92. The molecule has 1 aliphatic heterocycles. The number of ether oxygens (including phenoxy) is 1. The number of hydrogen-bond donors (Lipinski definition) is 1. The molecule has 0 aliphatic carbocycles. The minimum Gasteiger partial charge on any atom is -0.495 e. The molecule has 3 rings (SSSR count). The van der Waals surface area contributed by atoms with Crippen molar-refractivity contribution in [2.45, 2.75) is 39.3 Å². The van der Waals surface area contributed by atoms with Gasteiger partial charge in [-0.15, -0.1) is 0 Å². The van der Waals surface area contributed by atoms with Gasteiger partial charge >= 0.3 is 0 Å². The van der Waals surface area contributed by atoms with E-state index < -0.39 is 0 Å². The third-order valence-electron chi connectivity index (χ3n) is 4.21. The van der Waals surface area contributed by atoms with Crippen LogP contribution in [0.25, 0.3) is 10.9 Å². The van der Waals surface area contributed by atoms with Gasteiger partial charge in [0.15, 0.2) is 0 Å². The van der Waals surface area contributed by atoms with Crippen molar-refractivity contribution in [3.63, 3.8) is 0 Å². The first kappa shape index (κ1) is 12.5. The molecule has 3 nitrogen and oxygen atoms in total. The summed E-state index contributed by atoms with van der Waals surface area (Å²) in [6.45, 7) is 7.59. The highest BCUT2D eigenvalue weighted by Gasteiger charge is 2.29. The molecule has 0 unspecified atom stereocenters. The average Bonchev–Trinajstić information content (AvgIpc) is 2.60. The summed E-state index contributed by atoms with van der Waals surface area (Å²) >= 11 is 0. The first-order chi connectivity index (χ1) is 8.93. The minimum absolute atomic E-state index is 0.165. The van der Waals surface area contributed by atoms with Crippen LogP contribution >= 0.6 is 0 Å². The van der Waals surface area contributed by atoms with Crippen molar-refractivity contribution >= 4 is 10.9 Å². The maximum Gasteiger partial charge on any atom is 0.143 e. The quantitative estimate of drug-likeness (QED) is 0.851. The van der Waals surface area contributed by atoms with Crippen LogP contribution in [0.15, 0.2) is 12.1 Å². The summed E-state index contributed by atoms with van der Waals surface area (Å²) in [6, 6.07) is 4.41. The Kier molecular flexibility index (Phi) is 2.65. The first-order valence-corrected chi connectivity index (χ1v) is 6.83. The Bertz CT molecular complexity index is 653. The second kappa shape index (κ2) is 4.01. The SMILES string of the molecule is COc1cc(C)cc2c3c(n(C)c12)CNC(C)(C)C3. The number of benzene rings is 1. The molecule has 1 aromatic carbocycles. The Labute approximate surface area is 114 Å². The summed E-state index contributed by atoms with van der Waals surface area (Å²) in [7, 11) is 3.89. The normalized spacial score (nSPS) is 17.5. The molecule has 1 aromatic heterocycles. The number of nitrogens with zero attached hydrogens (tertiary/aromatic N) is 1. The Hall–Kier alpha value is -1.48.